The van der Waals surface area contributed by atoms with Crippen LogP contribution in [0, 0.1) is 0 Å². The Morgan fingerprint density at radius 1 is 1.00 bits per heavy atom. The van der Waals surface area contributed by atoms with E-state index in [-0.39, 0.29) is 19.6 Å². The first-order chi connectivity index (χ1) is 17.5. The third-order valence-electron chi connectivity index (χ3n) is 5.95. The minimum Gasteiger partial charge on any atom is -0.480 e. The van der Waals surface area contributed by atoms with Crippen molar-refractivity contribution >= 4 is 21.7 Å². The van der Waals surface area contributed by atoms with Crippen LogP contribution >= 0.6 is 0 Å². The number of nitrogens with one attached hydrogen (secondary N) is 1. The molecule has 3 aromatic rings. The van der Waals surface area contributed by atoms with Gasteiger partial charge < -0.3 is 19.7 Å². The van der Waals surface area contributed by atoms with E-state index in [1.54, 1.807) is 34.9 Å². The number of amides is 1. The molecule has 0 aliphatic carbocycles. The molecule has 0 saturated heterocycles. The Morgan fingerprint density at radius 3 is 2.16 bits per heavy atom. The highest BCUT2D eigenvalue weighted by Crippen LogP contribution is 2.24. The van der Waals surface area contributed by atoms with Crippen molar-refractivity contribution in [1.29, 1.82) is 0 Å². The monoisotopic (exact) mass is 527 g/mol. The molecule has 1 heterocycles. The van der Waals surface area contributed by atoms with Crippen LogP contribution in [0.2, 0.25) is 0 Å². The van der Waals surface area contributed by atoms with Crippen molar-refractivity contribution < 1.29 is 27.9 Å². The van der Waals surface area contributed by atoms with Gasteiger partial charge in [-0.15, -0.1) is 0 Å². The lowest BCUT2D eigenvalue weighted by atomic mass is 10.1. The molecule has 2 N–H and O–H groups in total. The maximum Gasteiger partial charge on any atom is 0.326 e. The van der Waals surface area contributed by atoms with E-state index in [0.29, 0.717) is 17.9 Å². The van der Waals surface area contributed by atoms with Gasteiger partial charge in [0.15, 0.2) is 9.84 Å². The van der Waals surface area contributed by atoms with Crippen molar-refractivity contribution in [3.05, 3.63) is 90.0 Å². The van der Waals surface area contributed by atoms with Gasteiger partial charge in [0, 0.05) is 18.3 Å². The van der Waals surface area contributed by atoms with Crippen LogP contribution in [0.4, 0.5) is 0 Å². The van der Waals surface area contributed by atoms with Crippen molar-refractivity contribution in [2.45, 2.75) is 63.0 Å². The molecule has 0 saturated carbocycles. The number of rotatable bonds is 12. The second-order valence-corrected chi connectivity index (χ2v) is 12.6. The Bertz CT molecular complexity index is 1280. The van der Waals surface area contributed by atoms with Crippen LogP contribution in [-0.4, -0.2) is 51.0 Å². The number of hydrogen-bond donors (Lipinski definition) is 2. The van der Waals surface area contributed by atoms with E-state index in [0.717, 1.165) is 5.56 Å². The van der Waals surface area contributed by atoms with Crippen molar-refractivity contribution in [2.75, 3.05) is 0 Å². The molecule has 2 aromatic carbocycles. The fourth-order valence-corrected chi connectivity index (χ4v) is 5.36. The molecular weight excluding hydrogens is 494 g/mol. The molecule has 0 unspecified atom stereocenters. The second-order valence-electron chi connectivity index (χ2n) is 9.76. The lowest BCUT2D eigenvalue weighted by Crippen LogP contribution is -2.52. The Morgan fingerprint density at radius 2 is 1.59 bits per heavy atom. The van der Waals surface area contributed by atoms with Gasteiger partial charge in [0.1, 0.15) is 18.0 Å². The predicted octanol–water partition coefficient (Wildman–Crippen LogP) is 2.99. The maximum atomic E-state index is 13.3. The standard InChI is InChI=1S/C27H33N3O6S/c1-27(2,3)37(34,35)24(14-20-10-6-4-7-11-20)25(31)29-23(26(32)33)15-22-16-28-18-30(22)19-36-17-21-12-8-5-9-13-21/h4-13,16,18,23-24H,14-15,17,19H2,1-3H3,(H,29,31)(H,32,33)/t23-,24-/m0/s1. The zero-order valence-electron chi connectivity index (χ0n) is 21.2. The van der Waals surface area contributed by atoms with E-state index in [1.807, 2.05) is 30.3 Å². The number of carbonyl (C=O) groups excluding carboxylic acids is 1. The molecule has 1 amide bonds. The average Bonchev–Trinajstić information content (AvgIpc) is 3.29. The number of aromatic nitrogens is 2. The van der Waals surface area contributed by atoms with Crippen LogP contribution in [0.3, 0.4) is 0 Å². The van der Waals surface area contributed by atoms with Crippen LogP contribution in [0.1, 0.15) is 37.6 Å². The van der Waals surface area contributed by atoms with Gasteiger partial charge in [-0.1, -0.05) is 60.7 Å². The average molecular weight is 528 g/mol. The van der Waals surface area contributed by atoms with Gasteiger partial charge in [-0.05, 0) is 38.3 Å². The highest BCUT2D eigenvalue weighted by Gasteiger charge is 2.42. The van der Waals surface area contributed by atoms with Crippen LogP contribution in [0.5, 0.6) is 0 Å². The molecule has 37 heavy (non-hydrogen) atoms. The summed E-state index contributed by atoms with van der Waals surface area (Å²) in [4.78, 5) is 29.5. The quantitative estimate of drug-likeness (QED) is 0.371. The van der Waals surface area contributed by atoms with Crippen molar-refractivity contribution in [1.82, 2.24) is 14.9 Å². The number of nitrogens with zero attached hydrogens (tertiary/aromatic N) is 2. The largest absolute Gasteiger partial charge is 0.480 e. The number of carboxylic acids is 1. The van der Waals surface area contributed by atoms with Crippen LogP contribution in [0.15, 0.2) is 73.2 Å². The zero-order valence-corrected chi connectivity index (χ0v) is 22.0. The third kappa shape index (κ3) is 7.50. The molecule has 9 nitrogen and oxygen atoms in total. The van der Waals surface area contributed by atoms with E-state index < -0.39 is 37.8 Å². The molecule has 10 heteroatoms. The van der Waals surface area contributed by atoms with Gasteiger partial charge in [-0.2, -0.15) is 0 Å². The number of ether oxygens (including phenoxy) is 1. The summed E-state index contributed by atoms with van der Waals surface area (Å²) in [7, 11) is -3.96. The number of hydrogen-bond acceptors (Lipinski definition) is 6. The van der Waals surface area contributed by atoms with Crippen molar-refractivity contribution in [2.24, 2.45) is 0 Å². The number of carboxylic acid groups (broad SMARTS) is 1. The Hall–Kier alpha value is -3.50. The third-order valence-corrected chi connectivity index (χ3v) is 8.79. The molecule has 198 valence electrons. The maximum absolute atomic E-state index is 13.3. The topological polar surface area (TPSA) is 128 Å². The molecular formula is C27H33N3O6S. The molecule has 0 spiro atoms. The summed E-state index contributed by atoms with van der Waals surface area (Å²) in [5, 5.41) is 10.9. The minimum absolute atomic E-state index is 0.0656. The summed E-state index contributed by atoms with van der Waals surface area (Å²) in [6.07, 6.45) is 2.86. The van der Waals surface area contributed by atoms with Gasteiger partial charge in [0.25, 0.3) is 0 Å². The van der Waals surface area contributed by atoms with E-state index in [4.69, 9.17) is 4.74 Å². The summed E-state index contributed by atoms with van der Waals surface area (Å²) < 4.78 is 32.8. The van der Waals surface area contributed by atoms with Crippen molar-refractivity contribution in [3.8, 4) is 0 Å². The van der Waals surface area contributed by atoms with Crippen LogP contribution in [-0.2, 0) is 50.3 Å². The van der Waals surface area contributed by atoms with Crippen LogP contribution in [0.25, 0.3) is 0 Å². The molecule has 2 atom stereocenters. The van der Waals surface area contributed by atoms with E-state index in [1.165, 1.54) is 33.3 Å². The molecule has 0 aliphatic heterocycles. The van der Waals surface area contributed by atoms with Gasteiger partial charge in [-0.25, -0.2) is 18.2 Å². The molecule has 0 aliphatic rings. The fraction of sp³-hybridized carbons (Fsp3) is 0.370. The molecule has 1 aromatic heterocycles. The van der Waals surface area contributed by atoms with Crippen molar-refractivity contribution in [3.63, 3.8) is 0 Å². The summed E-state index contributed by atoms with van der Waals surface area (Å²) >= 11 is 0. The number of imidazole rings is 1. The second kappa shape index (κ2) is 12.2. The van der Waals surface area contributed by atoms with E-state index >= 15 is 0 Å². The van der Waals surface area contributed by atoms with Gasteiger partial charge in [0.05, 0.1) is 17.7 Å². The Kier molecular flexibility index (Phi) is 9.23. The Labute approximate surface area is 217 Å². The number of benzene rings is 2. The lowest BCUT2D eigenvalue weighted by Gasteiger charge is -2.27. The normalized spacial score (nSPS) is 13.6. The van der Waals surface area contributed by atoms with E-state index in [2.05, 4.69) is 10.3 Å². The first kappa shape index (κ1) is 28.1. The predicted molar refractivity (Wildman–Crippen MR) is 139 cm³/mol. The lowest BCUT2D eigenvalue weighted by molar-refractivity contribution is -0.141. The highest BCUT2D eigenvalue weighted by atomic mass is 32.2. The molecule has 0 fully saturated rings. The summed E-state index contributed by atoms with van der Waals surface area (Å²) in [6, 6.07) is 17.0. The number of aliphatic carboxylic acids is 1. The number of sulfone groups is 1. The first-order valence-electron chi connectivity index (χ1n) is 11.9. The number of carbonyl (C=O) groups is 2. The first-order valence-corrected chi connectivity index (χ1v) is 13.4. The summed E-state index contributed by atoms with van der Waals surface area (Å²) in [6.45, 7) is 5.08. The fourth-order valence-electron chi connectivity index (χ4n) is 3.74. The Balaban J connectivity index is 1.74. The minimum atomic E-state index is -3.96. The zero-order chi connectivity index (χ0) is 27.1. The summed E-state index contributed by atoms with van der Waals surface area (Å²) in [5.41, 5.74) is 2.18. The van der Waals surface area contributed by atoms with Gasteiger partial charge in [-0.3, -0.25) is 4.79 Å². The molecule has 0 radical (unpaired) electrons. The van der Waals surface area contributed by atoms with Crippen LogP contribution < -0.4 is 5.32 Å². The van der Waals surface area contributed by atoms with Gasteiger partial charge in [0.2, 0.25) is 5.91 Å². The van der Waals surface area contributed by atoms with Gasteiger partial charge >= 0.3 is 5.97 Å². The molecule has 0 bridgehead atoms. The highest BCUT2D eigenvalue weighted by molar-refractivity contribution is 7.94. The smallest absolute Gasteiger partial charge is 0.326 e. The van der Waals surface area contributed by atoms with E-state index in [9.17, 15) is 23.1 Å². The molecule has 3 rings (SSSR count). The SMILES string of the molecule is CC(C)(C)S(=O)(=O)[C@@H](Cc1ccccc1)C(=O)N[C@@H](Cc1cncn1COCc1ccccc1)C(=O)O. The summed E-state index contributed by atoms with van der Waals surface area (Å²) in [5.74, 6) is -2.13.